The summed E-state index contributed by atoms with van der Waals surface area (Å²) in [4.78, 5) is 24.4. The van der Waals surface area contributed by atoms with Gasteiger partial charge in [-0.25, -0.2) is 0 Å². The molecule has 3 rings (SSSR count). The van der Waals surface area contributed by atoms with E-state index in [0.717, 1.165) is 11.1 Å². The molecule has 2 aromatic carbocycles. The lowest BCUT2D eigenvalue weighted by Gasteiger charge is -2.13. The monoisotopic (exact) mass is 304 g/mol. The molecule has 0 bridgehead atoms. The van der Waals surface area contributed by atoms with Crippen LogP contribution in [-0.2, 0) is 20.7 Å². The van der Waals surface area contributed by atoms with E-state index in [1.807, 2.05) is 60.7 Å². The van der Waals surface area contributed by atoms with Crippen molar-refractivity contribution in [3.63, 3.8) is 0 Å². The van der Waals surface area contributed by atoms with Gasteiger partial charge in [-0.1, -0.05) is 60.7 Å². The normalized spacial score (nSPS) is 14.3. The van der Waals surface area contributed by atoms with Crippen molar-refractivity contribution in [2.45, 2.75) is 6.42 Å². The highest BCUT2D eigenvalue weighted by Gasteiger charge is 2.22. The minimum atomic E-state index is -0.267. The fourth-order valence-electron chi connectivity index (χ4n) is 2.42. The first-order valence-corrected chi connectivity index (χ1v) is 7.48. The van der Waals surface area contributed by atoms with Crippen molar-refractivity contribution in [2.75, 3.05) is 6.61 Å². The summed E-state index contributed by atoms with van der Waals surface area (Å²) in [5.74, 6) is -0.354. The Hall–Kier alpha value is -2.94. The Kier molecular flexibility index (Phi) is 4.48. The molecule has 0 heterocycles. The van der Waals surface area contributed by atoms with Crippen molar-refractivity contribution in [1.29, 1.82) is 0 Å². The van der Waals surface area contributed by atoms with E-state index in [9.17, 15) is 9.59 Å². The third-order valence-corrected chi connectivity index (χ3v) is 3.62. The molecule has 0 atom stereocenters. The predicted molar refractivity (Wildman–Crippen MR) is 88.6 cm³/mol. The molecule has 0 radical (unpaired) electrons. The lowest BCUT2D eigenvalue weighted by molar-refractivity contribution is -0.116. The van der Waals surface area contributed by atoms with E-state index in [1.165, 1.54) is 12.2 Å². The summed E-state index contributed by atoms with van der Waals surface area (Å²) in [6.45, 7) is 0.364. The van der Waals surface area contributed by atoms with Crippen molar-refractivity contribution < 1.29 is 14.3 Å². The quantitative estimate of drug-likeness (QED) is 0.796. The number of hydrogen-bond donors (Lipinski definition) is 0. The fraction of sp³-hybridized carbons (Fsp3) is 0.100. The van der Waals surface area contributed by atoms with E-state index in [0.29, 0.717) is 18.6 Å². The summed E-state index contributed by atoms with van der Waals surface area (Å²) >= 11 is 0. The molecule has 0 N–H and O–H groups in total. The Morgan fingerprint density at radius 1 is 0.739 bits per heavy atom. The summed E-state index contributed by atoms with van der Waals surface area (Å²) in [7, 11) is 0. The molecule has 0 unspecified atom stereocenters. The molecule has 114 valence electrons. The first-order chi connectivity index (χ1) is 11.2. The maximum atomic E-state index is 12.2. The van der Waals surface area contributed by atoms with Crippen LogP contribution in [0, 0.1) is 0 Å². The highest BCUT2D eigenvalue weighted by atomic mass is 16.5. The van der Waals surface area contributed by atoms with Crippen molar-refractivity contribution >= 4 is 17.1 Å². The number of allylic oxidation sites excluding steroid dienone is 3. The van der Waals surface area contributed by atoms with Crippen molar-refractivity contribution in [2.24, 2.45) is 0 Å². The van der Waals surface area contributed by atoms with Crippen LogP contribution in [0.1, 0.15) is 11.1 Å². The second-order valence-electron chi connectivity index (χ2n) is 5.25. The smallest absolute Gasteiger partial charge is 0.221 e. The molecule has 1 aliphatic carbocycles. The average molecular weight is 304 g/mol. The van der Waals surface area contributed by atoms with E-state index in [4.69, 9.17) is 4.74 Å². The van der Waals surface area contributed by atoms with Gasteiger partial charge in [-0.2, -0.15) is 0 Å². The largest absolute Gasteiger partial charge is 0.489 e. The van der Waals surface area contributed by atoms with Crippen molar-refractivity contribution in [3.8, 4) is 0 Å². The zero-order valence-corrected chi connectivity index (χ0v) is 12.6. The Morgan fingerprint density at radius 3 is 2.09 bits per heavy atom. The Labute approximate surface area is 134 Å². The molecule has 0 aliphatic heterocycles. The van der Waals surface area contributed by atoms with Crippen LogP contribution in [0.15, 0.2) is 78.6 Å². The molecule has 0 spiro atoms. The van der Waals surface area contributed by atoms with Crippen LogP contribution < -0.4 is 0 Å². The van der Waals surface area contributed by atoms with Crippen LogP contribution in [0.4, 0.5) is 0 Å². The molecule has 3 nitrogen and oxygen atoms in total. The van der Waals surface area contributed by atoms with Crippen molar-refractivity contribution in [1.82, 2.24) is 0 Å². The number of hydrogen-bond acceptors (Lipinski definition) is 3. The lowest BCUT2D eigenvalue weighted by atomic mass is 9.95. The molecule has 0 saturated heterocycles. The number of carbonyl (C=O) groups excluding carboxylic acids is 2. The van der Waals surface area contributed by atoms with Crippen LogP contribution in [0.2, 0.25) is 0 Å². The highest BCUT2D eigenvalue weighted by molar-refractivity contribution is 6.34. The summed E-state index contributed by atoms with van der Waals surface area (Å²) in [6.07, 6.45) is 3.33. The third-order valence-electron chi connectivity index (χ3n) is 3.62. The van der Waals surface area contributed by atoms with Gasteiger partial charge >= 0.3 is 0 Å². The molecule has 0 amide bonds. The van der Waals surface area contributed by atoms with Gasteiger partial charge in [0.25, 0.3) is 0 Å². The average Bonchev–Trinajstić information content (AvgIpc) is 2.59. The van der Waals surface area contributed by atoms with E-state index >= 15 is 0 Å². The second-order valence-corrected chi connectivity index (χ2v) is 5.25. The van der Waals surface area contributed by atoms with Crippen LogP contribution in [-0.4, -0.2) is 18.2 Å². The molecule has 23 heavy (non-hydrogen) atoms. The fourth-order valence-corrected chi connectivity index (χ4v) is 2.42. The zero-order valence-electron chi connectivity index (χ0n) is 12.6. The van der Waals surface area contributed by atoms with Crippen LogP contribution in [0.5, 0.6) is 0 Å². The molecule has 3 heteroatoms. The maximum Gasteiger partial charge on any atom is 0.221 e. The van der Waals surface area contributed by atoms with Crippen LogP contribution in [0.3, 0.4) is 0 Å². The SMILES string of the molecule is O=C1C=C(c2ccccc2)C(=O)C=C1OCCc1ccccc1. The van der Waals surface area contributed by atoms with Crippen LogP contribution in [0.25, 0.3) is 5.57 Å². The number of ether oxygens (including phenoxy) is 1. The molecular weight excluding hydrogens is 288 g/mol. The molecule has 0 saturated carbocycles. The molecule has 2 aromatic rings. The van der Waals surface area contributed by atoms with Gasteiger partial charge in [-0.15, -0.1) is 0 Å². The van der Waals surface area contributed by atoms with Gasteiger partial charge in [-0.05, 0) is 11.1 Å². The standard InChI is InChI=1S/C20H16O3/c21-18-14-20(23-12-11-15-7-3-1-4-8-15)19(22)13-17(18)16-9-5-2-6-10-16/h1-10,13-14H,11-12H2. The van der Waals surface area contributed by atoms with Gasteiger partial charge in [-0.3, -0.25) is 9.59 Å². The first kappa shape index (κ1) is 15.0. The van der Waals surface area contributed by atoms with E-state index in [-0.39, 0.29) is 17.3 Å². The molecular formula is C20H16O3. The van der Waals surface area contributed by atoms with E-state index in [1.54, 1.807) is 0 Å². The lowest BCUT2D eigenvalue weighted by Crippen LogP contribution is -2.15. The molecule has 0 fully saturated rings. The van der Waals surface area contributed by atoms with Gasteiger partial charge in [0.05, 0.1) is 6.61 Å². The Bertz CT molecular complexity index is 771. The summed E-state index contributed by atoms with van der Waals surface area (Å²) in [5, 5.41) is 0. The van der Waals surface area contributed by atoms with Gasteiger partial charge in [0.1, 0.15) is 0 Å². The highest BCUT2D eigenvalue weighted by Crippen LogP contribution is 2.22. The Morgan fingerprint density at radius 2 is 1.39 bits per heavy atom. The first-order valence-electron chi connectivity index (χ1n) is 7.48. The van der Waals surface area contributed by atoms with Gasteiger partial charge < -0.3 is 4.74 Å². The minimum Gasteiger partial charge on any atom is -0.489 e. The van der Waals surface area contributed by atoms with E-state index in [2.05, 4.69) is 0 Å². The number of rotatable bonds is 5. The van der Waals surface area contributed by atoms with Gasteiger partial charge in [0, 0.05) is 24.1 Å². The summed E-state index contributed by atoms with van der Waals surface area (Å²) < 4.78 is 5.50. The van der Waals surface area contributed by atoms with E-state index < -0.39 is 0 Å². The van der Waals surface area contributed by atoms with Gasteiger partial charge in [0.2, 0.25) is 5.78 Å². The zero-order chi connectivity index (χ0) is 16.1. The number of carbonyl (C=O) groups is 2. The predicted octanol–water partition coefficient (Wildman–Crippen LogP) is 3.37. The van der Waals surface area contributed by atoms with Crippen LogP contribution >= 0.6 is 0 Å². The third kappa shape index (κ3) is 3.64. The molecule has 0 aromatic heterocycles. The van der Waals surface area contributed by atoms with Crippen molar-refractivity contribution in [3.05, 3.63) is 89.7 Å². The molecule has 1 aliphatic rings. The Balaban J connectivity index is 1.65. The summed E-state index contributed by atoms with van der Waals surface area (Å²) in [6, 6.07) is 19.0. The second kappa shape index (κ2) is 6.88. The number of ketones is 2. The maximum absolute atomic E-state index is 12.2. The summed E-state index contributed by atoms with van der Waals surface area (Å²) in [5.41, 5.74) is 2.28. The topological polar surface area (TPSA) is 43.4 Å². The minimum absolute atomic E-state index is 0.116. The van der Waals surface area contributed by atoms with Gasteiger partial charge in [0.15, 0.2) is 11.5 Å². The number of benzene rings is 2.